The first kappa shape index (κ1) is 10.9. The molecule has 0 radical (unpaired) electrons. The molecule has 0 aliphatic rings. The highest BCUT2D eigenvalue weighted by Crippen LogP contribution is 2.18. The Labute approximate surface area is 83.0 Å². The first-order chi connectivity index (χ1) is 6.32. The molecule has 0 spiro atoms. The second-order valence-corrected chi connectivity index (χ2v) is 4.25. The highest BCUT2D eigenvalue weighted by molar-refractivity contribution is 5.20. The van der Waals surface area contributed by atoms with Crippen LogP contribution < -0.4 is 5.56 Å². The summed E-state index contributed by atoms with van der Waals surface area (Å²) in [5, 5.41) is 16.0. The average Bonchev–Trinajstić information content (AvgIpc) is 2.02. The molecule has 0 atom stereocenters. The number of nitrogens with zero attached hydrogens (tertiary/aromatic N) is 1. The minimum atomic E-state index is -1.12. The maximum atomic E-state index is 11.4. The molecule has 4 heteroatoms. The third kappa shape index (κ3) is 2.20. The van der Waals surface area contributed by atoms with E-state index < -0.39 is 5.60 Å². The van der Waals surface area contributed by atoms with Gasteiger partial charge in [0.15, 0.2) is 0 Å². The fourth-order valence-electron chi connectivity index (χ4n) is 1.17. The number of aromatic amines is 1. The number of H-pyrrole nitrogens is 1. The Balaban J connectivity index is 3.30. The van der Waals surface area contributed by atoms with Gasteiger partial charge >= 0.3 is 0 Å². The average molecular weight is 196 g/mol. The molecule has 0 saturated carbocycles. The lowest BCUT2D eigenvalue weighted by molar-refractivity contribution is 0.0766. The number of hydrogen-bond donors (Lipinski definition) is 2. The Kier molecular flexibility index (Phi) is 2.76. The lowest BCUT2D eigenvalue weighted by Gasteiger charge is -2.17. The molecular formula is C10H16N2O2. The van der Waals surface area contributed by atoms with Crippen molar-refractivity contribution in [3.05, 3.63) is 27.7 Å². The molecule has 0 aliphatic carbocycles. The van der Waals surface area contributed by atoms with Crippen molar-refractivity contribution in [3.63, 3.8) is 0 Å². The van der Waals surface area contributed by atoms with Crippen LogP contribution in [0.25, 0.3) is 0 Å². The highest BCUT2D eigenvalue weighted by Gasteiger charge is 2.21. The molecule has 4 nitrogen and oxygen atoms in total. The van der Waals surface area contributed by atoms with Gasteiger partial charge in [-0.25, -0.2) is 5.10 Å². The van der Waals surface area contributed by atoms with E-state index in [2.05, 4.69) is 10.2 Å². The van der Waals surface area contributed by atoms with Crippen LogP contribution in [0.15, 0.2) is 10.9 Å². The maximum absolute atomic E-state index is 11.4. The summed E-state index contributed by atoms with van der Waals surface area (Å²) in [6, 6.07) is 1.66. The van der Waals surface area contributed by atoms with Crippen molar-refractivity contribution in [1.29, 1.82) is 0 Å². The van der Waals surface area contributed by atoms with E-state index in [1.54, 1.807) is 19.9 Å². The number of aliphatic hydroxyl groups is 1. The second kappa shape index (κ2) is 3.53. The van der Waals surface area contributed by atoms with E-state index in [0.29, 0.717) is 5.56 Å². The largest absolute Gasteiger partial charge is 0.386 e. The maximum Gasteiger partial charge on any atom is 0.270 e. The van der Waals surface area contributed by atoms with E-state index in [1.807, 2.05) is 13.8 Å². The predicted octanol–water partition coefficient (Wildman–Crippen LogP) is 1.12. The summed E-state index contributed by atoms with van der Waals surface area (Å²) >= 11 is 0. The molecule has 2 N–H and O–H groups in total. The van der Waals surface area contributed by atoms with Gasteiger partial charge in [-0.15, -0.1) is 0 Å². The van der Waals surface area contributed by atoms with Crippen LogP contribution in [0.2, 0.25) is 0 Å². The van der Waals surface area contributed by atoms with Crippen molar-refractivity contribution in [2.45, 2.75) is 39.2 Å². The topological polar surface area (TPSA) is 66.0 Å². The summed E-state index contributed by atoms with van der Waals surface area (Å²) in [7, 11) is 0. The van der Waals surface area contributed by atoms with Crippen LogP contribution in [-0.4, -0.2) is 15.3 Å². The minimum absolute atomic E-state index is 0.230. The fourth-order valence-corrected chi connectivity index (χ4v) is 1.17. The second-order valence-electron chi connectivity index (χ2n) is 4.25. The van der Waals surface area contributed by atoms with Gasteiger partial charge in [0.1, 0.15) is 0 Å². The summed E-state index contributed by atoms with van der Waals surface area (Å²) in [6.45, 7) is 7.13. The van der Waals surface area contributed by atoms with Gasteiger partial charge in [-0.05, 0) is 25.8 Å². The van der Waals surface area contributed by atoms with Crippen LogP contribution in [0.5, 0.6) is 0 Å². The van der Waals surface area contributed by atoms with Gasteiger partial charge in [0.25, 0.3) is 5.56 Å². The van der Waals surface area contributed by atoms with Crippen LogP contribution in [0.4, 0.5) is 0 Å². The first-order valence-corrected chi connectivity index (χ1v) is 4.65. The molecule has 0 aliphatic heterocycles. The van der Waals surface area contributed by atoms with Crippen LogP contribution in [0, 0.1) is 0 Å². The fraction of sp³-hybridized carbons (Fsp3) is 0.600. The zero-order valence-corrected chi connectivity index (χ0v) is 8.96. The van der Waals surface area contributed by atoms with E-state index in [0.717, 1.165) is 5.69 Å². The zero-order valence-electron chi connectivity index (χ0n) is 8.96. The third-order valence-corrected chi connectivity index (χ3v) is 2.07. The molecule has 14 heavy (non-hydrogen) atoms. The summed E-state index contributed by atoms with van der Waals surface area (Å²) in [5.74, 6) is 0.230. The Bertz CT molecular complexity index is 374. The van der Waals surface area contributed by atoms with Crippen LogP contribution >= 0.6 is 0 Å². The van der Waals surface area contributed by atoms with Gasteiger partial charge in [-0.2, -0.15) is 5.10 Å². The molecule has 1 heterocycles. The normalized spacial score (nSPS) is 12.1. The molecule has 1 rings (SSSR count). The van der Waals surface area contributed by atoms with Crippen LogP contribution in [0.3, 0.4) is 0 Å². The zero-order chi connectivity index (χ0) is 10.9. The van der Waals surface area contributed by atoms with E-state index in [9.17, 15) is 9.90 Å². The van der Waals surface area contributed by atoms with E-state index in [4.69, 9.17) is 0 Å². The van der Waals surface area contributed by atoms with E-state index in [-0.39, 0.29) is 11.5 Å². The Morgan fingerprint density at radius 3 is 2.50 bits per heavy atom. The first-order valence-electron chi connectivity index (χ1n) is 4.65. The van der Waals surface area contributed by atoms with E-state index in [1.165, 1.54) is 0 Å². The molecular weight excluding hydrogens is 180 g/mol. The van der Waals surface area contributed by atoms with Gasteiger partial charge in [-0.3, -0.25) is 4.79 Å². The van der Waals surface area contributed by atoms with Crippen LogP contribution in [-0.2, 0) is 5.60 Å². The number of nitrogens with one attached hydrogen (secondary N) is 1. The SMILES string of the molecule is CC(C)c1cc(C(C)(C)O)c(=O)[nH]n1. The molecule has 0 amide bonds. The monoisotopic (exact) mass is 196 g/mol. The number of aromatic nitrogens is 2. The Morgan fingerprint density at radius 1 is 1.50 bits per heavy atom. The summed E-state index contributed by atoms with van der Waals surface area (Å²) in [6.07, 6.45) is 0. The van der Waals surface area contributed by atoms with Crippen molar-refractivity contribution in [2.24, 2.45) is 0 Å². The predicted molar refractivity (Wildman–Crippen MR) is 54.2 cm³/mol. The quantitative estimate of drug-likeness (QED) is 0.745. The van der Waals surface area contributed by atoms with Gasteiger partial charge in [-0.1, -0.05) is 13.8 Å². The number of hydrogen-bond acceptors (Lipinski definition) is 3. The van der Waals surface area contributed by atoms with Crippen molar-refractivity contribution < 1.29 is 5.11 Å². The Morgan fingerprint density at radius 2 is 2.07 bits per heavy atom. The van der Waals surface area contributed by atoms with Gasteiger partial charge in [0, 0.05) is 0 Å². The summed E-state index contributed by atoms with van der Waals surface area (Å²) < 4.78 is 0. The molecule has 1 aromatic rings. The van der Waals surface area contributed by atoms with Crippen molar-refractivity contribution in [2.75, 3.05) is 0 Å². The van der Waals surface area contributed by atoms with Gasteiger partial charge in [0.05, 0.1) is 16.9 Å². The number of rotatable bonds is 2. The molecule has 0 bridgehead atoms. The molecule has 0 unspecified atom stereocenters. The standard InChI is InChI=1S/C10H16N2O2/c1-6(2)8-5-7(10(3,4)14)9(13)12-11-8/h5-6,14H,1-4H3,(H,12,13). The summed E-state index contributed by atoms with van der Waals surface area (Å²) in [4.78, 5) is 11.4. The smallest absolute Gasteiger partial charge is 0.270 e. The van der Waals surface area contributed by atoms with E-state index >= 15 is 0 Å². The molecule has 78 valence electrons. The summed E-state index contributed by atoms with van der Waals surface area (Å²) in [5.41, 5.74) is -0.319. The highest BCUT2D eigenvalue weighted by atomic mass is 16.3. The van der Waals surface area contributed by atoms with Gasteiger partial charge < -0.3 is 5.11 Å². The minimum Gasteiger partial charge on any atom is -0.386 e. The van der Waals surface area contributed by atoms with Crippen molar-refractivity contribution in [1.82, 2.24) is 10.2 Å². The molecule has 1 aromatic heterocycles. The molecule has 0 aromatic carbocycles. The molecule has 0 fully saturated rings. The Hall–Kier alpha value is -1.16. The lowest BCUT2D eigenvalue weighted by atomic mass is 9.98. The van der Waals surface area contributed by atoms with Crippen molar-refractivity contribution >= 4 is 0 Å². The third-order valence-electron chi connectivity index (χ3n) is 2.07. The molecule has 0 saturated heterocycles. The van der Waals surface area contributed by atoms with Crippen LogP contribution in [0.1, 0.15) is 44.9 Å². The van der Waals surface area contributed by atoms with Gasteiger partial charge in [0.2, 0.25) is 0 Å². The lowest BCUT2D eigenvalue weighted by Crippen LogP contribution is -2.28. The van der Waals surface area contributed by atoms with Crippen molar-refractivity contribution in [3.8, 4) is 0 Å².